The average Bonchev–Trinajstić information content (AvgIpc) is 4.07. The lowest BCUT2D eigenvalue weighted by Gasteiger charge is -2.43. The van der Waals surface area contributed by atoms with E-state index in [1.54, 1.807) is 0 Å². The topological polar surface area (TPSA) is 118 Å². The Balaban J connectivity index is 0.000000201. The van der Waals surface area contributed by atoms with E-state index in [4.69, 9.17) is 18.9 Å². The maximum absolute atomic E-state index is 13.4. The van der Waals surface area contributed by atoms with Crippen molar-refractivity contribution in [3.63, 3.8) is 0 Å². The molecular weight excluding hydrogens is 1110 g/mol. The highest BCUT2D eigenvalue weighted by Gasteiger charge is 2.68. The van der Waals surface area contributed by atoms with Crippen LogP contribution in [0.3, 0.4) is 0 Å². The van der Waals surface area contributed by atoms with Crippen LogP contribution in [0.4, 0.5) is 71.9 Å². The zero-order valence-corrected chi connectivity index (χ0v) is 49.4. The van der Waals surface area contributed by atoms with Crippen molar-refractivity contribution in [1.82, 2.24) is 19.6 Å². The van der Waals surface area contributed by atoms with Crippen molar-refractivity contribution in [2.45, 2.75) is 244 Å². The van der Waals surface area contributed by atoms with Gasteiger partial charge < -0.3 is 38.5 Å². The summed E-state index contributed by atoms with van der Waals surface area (Å²) in [4.78, 5) is 53.7. The molecule has 0 radical (unpaired) electrons. The Morgan fingerprint density at radius 1 is 0.305 bits per heavy atom. The van der Waals surface area contributed by atoms with Crippen LogP contribution >= 0.6 is 0 Å². The molecule has 4 heterocycles. The van der Waals surface area contributed by atoms with E-state index in [1.165, 1.54) is 19.6 Å². The Labute approximate surface area is 477 Å². The molecule has 4 saturated heterocycles. The minimum Gasteiger partial charge on any atom is -0.433 e. The Kier molecular flexibility index (Phi) is 23.7. The molecule has 0 spiro atoms. The van der Waals surface area contributed by atoms with E-state index in [1.807, 2.05) is 0 Å². The fourth-order valence-corrected chi connectivity index (χ4v) is 12.4. The first-order valence-electron chi connectivity index (χ1n) is 30.2. The summed E-state index contributed by atoms with van der Waals surface area (Å²) in [5, 5.41) is 0. The molecule has 4 aliphatic heterocycles. The first-order chi connectivity index (χ1) is 38.0. The van der Waals surface area contributed by atoms with E-state index in [0.717, 1.165) is 57.8 Å². The molecule has 0 N–H and O–H groups in total. The number of nitrogens with zero attached hydrogens (tertiary/aromatic N) is 4. The average molecular weight is 1200 g/mol. The second-order valence-electron chi connectivity index (χ2n) is 25.8. The van der Waals surface area contributed by atoms with Gasteiger partial charge in [0.15, 0.2) is 0 Å². The fourth-order valence-electron chi connectivity index (χ4n) is 12.4. The Morgan fingerprint density at radius 3 is 0.622 bits per heavy atom. The number of alkyl halides is 12. The van der Waals surface area contributed by atoms with Gasteiger partial charge in [-0.15, -0.1) is 0 Å². The summed E-state index contributed by atoms with van der Waals surface area (Å²) in [5.41, 5.74) is -8.94. The van der Waals surface area contributed by atoms with Crippen LogP contribution in [0.25, 0.3) is 0 Å². The minimum absolute atomic E-state index is 0.106. The minimum atomic E-state index is -4.49. The third kappa shape index (κ3) is 17.7. The molecule has 8 fully saturated rings. The number of halogens is 12. The predicted octanol–water partition coefficient (Wildman–Crippen LogP) is 16.7. The lowest BCUT2D eigenvalue weighted by molar-refractivity contribution is -0.286. The number of carbonyl (C=O) groups is 4. The van der Waals surface area contributed by atoms with Gasteiger partial charge in [0.05, 0.1) is 0 Å². The third-order valence-corrected chi connectivity index (χ3v) is 19.1. The highest BCUT2D eigenvalue weighted by atomic mass is 19.4. The molecule has 0 unspecified atom stereocenters. The van der Waals surface area contributed by atoms with Gasteiger partial charge in [0.2, 0.25) is 22.4 Å². The monoisotopic (exact) mass is 1200 g/mol. The summed E-state index contributed by atoms with van der Waals surface area (Å²) >= 11 is 0. The summed E-state index contributed by atoms with van der Waals surface area (Å²) in [6.07, 6.45) is -12.1. The number of amides is 4. The number of carbonyl (C=O) groups excluding carboxylic acids is 4. The lowest BCUT2D eigenvalue weighted by Crippen LogP contribution is -2.56. The van der Waals surface area contributed by atoms with E-state index in [2.05, 4.69) is 55.4 Å². The van der Waals surface area contributed by atoms with E-state index >= 15 is 0 Å². The van der Waals surface area contributed by atoms with Crippen LogP contribution in [0, 0.1) is 47.3 Å². The summed E-state index contributed by atoms with van der Waals surface area (Å²) < 4.78 is 176. The maximum Gasteiger partial charge on any atom is 0.428 e. The zero-order valence-electron chi connectivity index (χ0n) is 49.4. The van der Waals surface area contributed by atoms with Crippen LogP contribution in [0.2, 0.25) is 0 Å². The number of rotatable bonds is 8. The maximum atomic E-state index is 13.4. The molecule has 4 amide bonds. The van der Waals surface area contributed by atoms with E-state index in [-0.39, 0.29) is 51.4 Å². The van der Waals surface area contributed by atoms with Crippen LogP contribution in [0.5, 0.6) is 0 Å². The highest BCUT2D eigenvalue weighted by Crippen LogP contribution is 2.53. The van der Waals surface area contributed by atoms with E-state index < -0.39 is 71.5 Å². The van der Waals surface area contributed by atoms with Gasteiger partial charge in [-0.25, -0.2) is 19.2 Å². The van der Waals surface area contributed by atoms with Crippen LogP contribution in [-0.2, 0) is 18.9 Å². The van der Waals surface area contributed by atoms with Gasteiger partial charge in [-0.3, -0.25) is 0 Å². The second-order valence-corrected chi connectivity index (χ2v) is 25.8. The first kappa shape index (κ1) is 69.0. The molecule has 8 aliphatic rings. The standard InChI is InChI=1S/C16H26F3NO2.C15H24F3NO2.C14H22F3NO2.C13H20F3NO2/c1-12(2)13-6-10-20(11-7-13)14(21)22-15(16(17,18)19)8-4-3-5-9-15;1-11(2)12-5-9-19(10-6-12)13(20)21-14(15(16,17)18)7-3-4-8-14;1-10(2)11-4-8-18(9-5-11)12(19)20-13(6-3-7-13)14(15,16)17;1-9(2)10-3-7-17(8-4-10)11(18)19-12(5-6-12)13(14,15)16/h12-13H,3-11H2,1-2H3;11-12H,3-10H2,1-2H3;10-11H,3-9H2,1-2H3;9-10H,3-8H2,1-2H3. The van der Waals surface area contributed by atoms with Crippen molar-refractivity contribution in [2.75, 3.05) is 52.4 Å². The van der Waals surface area contributed by atoms with Crippen LogP contribution in [0.1, 0.15) is 197 Å². The van der Waals surface area contributed by atoms with Crippen molar-refractivity contribution in [2.24, 2.45) is 47.3 Å². The van der Waals surface area contributed by atoms with E-state index in [0.29, 0.717) is 132 Å². The molecule has 8 rings (SSSR count). The first-order valence-corrected chi connectivity index (χ1v) is 30.2. The normalized spacial score (nSPS) is 23.6. The van der Waals surface area contributed by atoms with Crippen molar-refractivity contribution < 1.29 is 90.8 Å². The van der Waals surface area contributed by atoms with Crippen LogP contribution in [0.15, 0.2) is 0 Å². The third-order valence-electron chi connectivity index (χ3n) is 19.1. The molecule has 0 atom stereocenters. The Morgan fingerprint density at radius 2 is 0.476 bits per heavy atom. The second kappa shape index (κ2) is 28.2. The van der Waals surface area contributed by atoms with Crippen molar-refractivity contribution >= 4 is 24.4 Å². The van der Waals surface area contributed by atoms with Crippen molar-refractivity contribution in [1.29, 1.82) is 0 Å². The number of ether oxygens (including phenoxy) is 4. The quantitative estimate of drug-likeness (QED) is 0.174. The molecule has 82 heavy (non-hydrogen) atoms. The molecule has 0 aromatic carbocycles. The van der Waals surface area contributed by atoms with Crippen molar-refractivity contribution in [3.8, 4) is 0 Å². The lowest BCUT2D eigenvalue weighted by atomic mass is 9.79. The summed E-state index contributed by atoms with van der Waals surface area (Å²) in [5.74, 6) is 4.33. The molecule has 12 nitrogen and oxygen atoms in total. The van der Waals surface area contributed by atoms with Gasteiger partial charge in [-0.05, 0) is 169 Å². The Hall–Kier alpha value is -3.76. The molecule has 0 aromatic heterocycles. The molecule has 476 valence electrons. The van der Waals surface area contributed by atoms with Crippen molar-refractivity contribution in [3.05, 3.63) is 0 Å². The predicted molar refractivity (Wildman–Crippen MR) is 282 cm³/mol. The SMILES string of the molecule is CC(C)C1CCN(C(=O)OC2(C(F)(F)F)CC2)CC1.CC(C)C1CCN(C(=O)OC2(C(F)(F)F)CCC2)CC1.CC(C)C1CCN(C(=O)OC2(C(F)(F)F)CCCC2)CC1.CC(C)C1CCN(C(=O)OC2(C(F)(F)F)CCCCC2)CC1. The summed E-state index contributed by atoms with van der Waals surface area (Å²) in [6, 6.07) is 0. The number of hydrogen-bond acceptors (Lipinski definition) is 8. The largest absolute Gasteiger partial charge is 0.433 e. The molecular formula is C58H92F12N4O8. The van der Waals surface area contributed by atoms with Gasteiger partial charge in [0.1, 0.15) is 0 Å². The molecule has 0 aromatic rings. The van der Waals surface area contributed by atoms with Crippen LogP contribution < -0.4 is 0 Å². The summed E-state index contributed by atoms with van der Waals surface area (Å²) in [6.45, 7) is 21.0. The molecule has 0 bridgehead atoms. The highest BCUT2D eigenvalue weighted by molar-refractivity contribution is 5.70. The number of likely N-dealkylation sites (tertiary alicyclic amines) is 4. The molecule has 4 saturated carbocycles. The van der Waals surface area contributed by atoms with Gasteiger partial charge in [-0.2, -0.15) is 52.7 Å². The fraction of sp³-hybridized carbons (Fsp3) is 0.931. The number of piperidine rings is 4. The van der Waals surface area contributed by atoms with Gasteiger partial charge in [0.25, 0.3) is 0 Å². The number of hydrogen-bond donors (Lipinski definition) is 0. The van der Waals surface area contributed by atoms with E-state index in [9.17, 15) is 71.9 Å². The molecule has 24 heteroatoms. The van der Waals surface area contributed by atoms with Crippen LogP contribution in [-0.4, -0.2) is 143 Å². The zero-order chi connectivity index (χ0) is 61.3. The van der Waals surface area contributed by atoms with Gasteiger partial charge >= 0.3 is 49.1 Å². The van der Waals surface area contributed by atoms with Gasteiger partial charge in [0, 0.05) is 65.2 Å². The Bertz CT molecular complexity index is 2020. The smallest absolute Gasteiger partial charge is 0.428 e. The molecule has 4 aliphatic carbocycles. The summed E-state index contributed by atoms with van der Waals surface area (Å²) in [7, 11) is 0. The van der Waals surface area contributed by atoms with Gasteiger partial charge in [-0.1, -0.05) is 61.8 Å².